The Bertz CT molecular complexity index is 1150. The Kier molecular flexibility index (Phi) is 5.77. The molecule has 2 aromatic carbocycles. The summed E-state index contributed by atoms with van der Waals surface area (Å²) >= 11 is 1.19. The van der Waals surface area contributed by atoms with Crippen molar-refractivity contribution < 1.29 is 24.2 Å². The predicted octanol–water partition coefficient (Wildman–Crippen LogP) is 5.16. The van der Waals surface area contributed by atoms with Gasteiger partial charge in [0.05, 0.1) is 12.8 Å². The fourth-order valence-corrected chi connectivity index (χ4v) is 5.01. The number of carbonyl (C=O) groups excluding carboxylic acids is 1. The number of carboxylic acid groups (broad SMARTS) is 1. The van der Waals surface area contributed by atoms with E-state index in [9.17, 15) is 14.7 Å². The highest BCUT2D eigenvalue weighted by atomic mass is 32.1. The van der Waals surface area contributed by atoms with E-state index in [1.54, 1.807) is 37.5 Å². The number of nitrogens with one attached hydrogen (secondary N) is 1. The van der Waals surface area contributed by atoms with Crippen LogP contribution in [0.5, 0.6) is 11.5 Å². The average molecular weight is 436 g/mol. The summed E-state index contributed by atoms with van der Waals surface area (Å²) < 4.78 is 11.0. The quantitative estimate of drug-likeness (QED) is 0.501. The molecule has 31 heavy (non-hydrogen) atoms. The fourth-order valence-electron chi connectivity index (χ4n) is 3.77. The van der Waals surface area contributed by atoms with Gasteiger partial charge in [0, 0.05) is 28.3 Å². The van der Waals surface area contributed by atoms with Crippen molar-refractivity contribution in [3.8, 4) is 22.6 Å². The number of hydrogen-bond donors (Lipinski definition) is 2. The van der Waals surface area contributed by atoms with Gasteiger partial charge in [0.25, 0.3) is 0 Å². The first kappa shape index (κ1) is 20.7. The van der Waals surface area contributed by atoms with Crippen molar-refractivity contribution in [2.75, 3.05) is 19.0 Å². The van der Waals surface area contributed by atoms with Crippen LogP contribution in [0.1, 0.15) is 32.5 Å². The first-order chi connectivity index (χ1) is 15.0. The van der Waals surface area contributed by atoms with Gasteiger partial charge in [-0.1, -0.05) is 43.0 Å². The number of para-hydroxylation sites is 1. The Labute approximate surface area is 183 Å². The molecule has 2 N–H and O–H groups in total. The van der Waals surface area contributed by atoms with Crippen molar-refractivity contribution in [2.45, 2.75) is 12.3 Å². The second-order valence-corrected chi connectivity index (χ2v) is 8.07. The maximum atomic E-state index is 12.7. The first-order valence-corrected chi connectivity index (χ1v) is 10.5. The zero-order valence-electron chi connectivity index (χ0n) is 16.9. The summed E-state index contributed by atoms with van der Waals surface area (Å²) in [6.45, 7) is 4.02. The molecule has 0 saturated carbocycles. The molecular formula is C24H21NO5S. The van der Waals surface area contributed by atoms with Crippen molar-refractivity contribution in [1.29, 1.82) is 0 Å². The van der Waals surface area contributed by atoms with Gasteiger partial charge in [-0.05, 0) is 23.8 Å². The van der Waals surface area contributed by atoms with Gasteiger partial charge in [-0.15, -0.1) is 11.3 Å². The van der Waals surface area contributed by atoms with Crippen LogP contribution < -0.4 is 14.8 Å². The van der Waals surface area contributed by atoms with Crippen LogP contribution in [0.2, 0.25) is 0 Å². The van der Waals surface area contributed by atoms with Crippen molar-refractivity contribution in [3.63, 3.8) is 0 Å². The number of methoxy groups -OCH3 is 1. The molecule has 0 unspecified atom stereocenters. The average Bonchev–Trinajstić information content (AvgIpc) is 3.17. The summed E-state index contributed by atoms with van der Waals surface area (Å²) in [7, 11) is 1.57. The number of hydrogen-bond acceptors (Lipinski definition) is 5. The van der Waals surface area contributed by atoms with E-state index in [4.69, 9.17) is 9.47 Å². The molecule has 2 heterocycles. The van der Waals surface area contributed by atoms with Crippen LogP contribution >= 0.6 is 11.3 Å². The van der Waals surface area contributed by atoms with Crippen LogP contribution in [0.15, 0.2) is 61.2 Å². The van der Waals surface area contributed by atoms with Crippen molar-refractivity contribution in [1.82, 2.24) is 0 Å². The molecule has 1 amide bonds. The largest absolute Gasteiger partial charge is 0.497 e. The number of ether oxygens (including phenoxy) is 2. The van der Waals surface area contributed by atoms with Gasteiger partial charge in [0.15, 0.2) is 0 Å². The molecule has 6 nitrogen and oxygen atoms in total. The lowest BCUT2D eigenvalue weighted by Crippen LogP contribution is -2.22. The molecule has 7 heteroatoms. The Morgan fingerprint density at radius 2 is 2.00 bits per heavy atom. The van der Waals surface area contributed by atoms with E-state index in [-0.39, 0.29) is 23.1 Å². The first-order valence-electron chi connectivity index (χ1n) is 9.70. The molecule has 3 aromatic rings. The Balaban J connectivity index is 1.88. The molecular weight excluding hydrogens is 414 g/mol. The van der Waals surface area contributed by atoms with Gasteiger partial charge in [0.1, 0.15) is 23.0 Å². The summed E-state index contributed by atoms with van der Waals surface area (Å²) in [5.74, 6) is -0.181. The molecule has 0 saturated heterocycles. The van der Waals surface area contributed by atoms with Crippen LogP contribution in [0.25, 0.3) is 11.1 Å². The van der Waals surface area contributed by atoms with Crippen LogP contribution in [0.4, 0.5) is 5.69 Å². The Morgan fingerprint density at radius 1 is 1.26 bits per heavy atom. The Morgan fingerprint density at radius 3 is 2.68 bits per heavy atom. The zero-order valence-corrected chi connectivity index (χ0v) is 17.7. The number of anilines is 1. The third-order valence-electron chi connectivity index (χ3n) is 5.13. The molecule has 1 aliphatic heterocycles. The van der Waals surface area contributed by atoms with E-state index in [1.165, 1.54) is 11.3 Å². The summed E-state index contributed by atoms with van der Waals surface area (Å²) in [6.07, 6.45) is 1.87. The highest BCUT2D eigenvalue weighted by Crippen LogP contribution is 2.50. The molecule has 0 fully saturated rings. The number of thiophene rings is 1. The van der Waals surface area contributed by atoms with Crippen LogP contribution in [0, 0.1) is 0 Å². The van der Waals surface area contributed by atoms with Gasteiger partial charge in [-0.3, -0.25) is 4.79 Å². The SMILES string of the molecule is C=CCOc1ccccc1[C@H]1CC(=O)Nc2c1sc(C(=O)O)c2-c1ccc(OC)cc1. The van der Waals surface area contributed by atoms with Crippen molar-refractivity contribution in [3.05, 3.63) is 76.5 Å². The van der Waals surface area contributed by atoms with Crippen LogP contribution in [-0.2, 0) is 4.79 Å². The fraction of sp³-hybridized carbons (Fsp3) is 0.167. The number of amides is 1. The van der Waals surface area contributed by atoms with Crippen LogP contribution in [-0.4, -0.2) is 30.7 Å². The minimum absolute atomic E-state index is 0.166. The number of carbonyl (C=O) groups is 2. The lowest BCUT2D eigenvalue weighted by molar-refractivity contribution is -0.116. The lowest BCUT2D eigenvalue weighted by Gasteiger charge is -2.25. The maximum absolute atomic E-state index is 12.7. The third kappa shape index (κ3) is 3.92. The van der Waals surface area contributed by atoms with Gasteiger partial charge < -0.3 is 19.9 Å². The molecule has 0 spiro atoms. The van der Waals surface area contributed by atoms with Gasteiger partial charge >= 0.3 is 5.97 Å². The van der Waals surface area contributed by atoms with E-state index >= 15 is 0 Å². The second-order valence-electron chi connectivity index (χ2n) is 7.02. The summed E-state index contributed by atoms with van der Waals surface area (Å²) in [5, 5.41) is 12.8. The summed E-state index contributed by atoms with van der Waals surface area (Å²) in [4.78, 5) is 25.8. The minimum atomic E-state index is -1.03. The smallest absolute Gasteiger partial charge is 0.346 e. The van der Waals surface area contributed by atoms with E-state index < -0.39 is 5.97 Å². The van der Waals surface area contributed by atoms with E-state index in [1.807, 2.05) is 24.3 Å². The highest BCUT2D eigenvalue weighted by molar-refractivity contribution is 7.15. The predicted molar refractivity (Wildman–Crippen MR) is 120 cm³/mol. The van der Waals surface area contributed by atoms with E-state index in [0.29, 0.717) is 34.9 Å². The molecule has 158 valence electrons. The standard InChI is InChI=1S/C24H21NO5S/c1-3-12-30-18-7-5-4-6-16(18)17-13-19(26)25-21-20(23(24(27)28)31-22(17)21)14-8-10-15(29-2)11-9-14/h3-11,17H,1,12-13H2,2H3,(H,25,26)(H,27,28)/t17-/m1/s1. The van der Waals surface area contributed by atoms with Crippen molar-refractivity contribution >= 4 is 28.9 Å². The number of aromatic carboxylic acids is 1. The van der Waals surface area contributed by atoms with E-state index in [0.717, 1.165) is 10.4 Å². The van der Waals surface area contributed by atoms with Gasteiger partial charge in [-0.25, -0.2) is 4.79 Å². The van der Waals surface area contributed by atoms with Crippen molar-refractivity contribution in [2.24, 2.45) is 0 Å². The maximum Gasteiger partial charge on any atom is 0.346 e. The normalized spacial score (nSPS) is 15.0. The van der Waals surface area contributed by atoms with E-state index in [2.05, 4.69) is 11.9 Å². The Hall–Kier alpha value is -3.58. The number of benzene rings is 2. The topological polar surface area (TPSA) is 84.9 Å². The minimum Gasteiger partial charge on any atom is -0.497 e. The molecule has 1 aromatic heterocycles. The molecule has 4 rings (SSSR count). The number of carboxylic acids is 1. The lowest BCUT2D eigenvalue weighted by atomic mass is 9.88. The molecule has 0 radical (unpaired) electrons. The zero-order chi connectivity index (χ0) is 22.0. The molecule has 0 aliphatic carbocycles. The molecule has 1 atom stereocenters. The summed E-state index contributed by atoms with van der Waals surface area (Å²) in [6, 6.07) is 14.6. The van der Waals surface area contributed by atoms with Gasteiger partial charge in [-0.2, -0.15) is 0 Å². The second kappa shape index (κ2) is 8.65. The number of fused-ring (bicyclic) bond motifs is 1. The molecule has 0 bridgehead atoms. The highest BCUT2D eigenvalue weighted by Gasteiger charge is 2.35. The number of rotatable bonds is 7. The third-order valence-corrected chi connectivity index (χ3v) is 6.42. The van der Waals surface area contributed by atoms with Gasteiger partial charge in [0.2, 0.25) is 5.91 Å². The monoisotopic (exact) mass is 435 g/mol. The summed E-state index contributed by atoms with van der Waals surface area (Å²) in [5.41, 5.74) is 2.61. The molecule has 1 aliphatic rings. The van der Waals surface area contributed by atoms with Crippen LogP contribution in [0.3, 0.4) is 0 Å².